The van der Waals surface area contributed by atoms with Crippen LogP contribution in [-0.2, 0) is 18.3 Å². The molecule has 4 aromatic rings. The molecule has 0 saturated heterocycles. The predicted molar refractivity (Wildman–Crippen MR) is 111 cm³/mol. The fourth-order valence-corrected chi connectivity index (χ4v) is 3.58. The zero-order chi connectivity index (χ0) is 19.5. The largest absolute Gasteiger partial charge is 0.484 e. The van der Waals surface area contributed by atoms with Crippen LogP contribution in [0.15, 0.2) is 47.8 Å². The van der Waals surface area contributed by atoms with E-state index in [1.807, 2.05) is 54.9 Å². The molecule has 2 N–H and O–H groups in total. The van der Waals surface area contributed by atoms with Crippen LogP contribution in [0.3, 0.4) is 0 Å². The van der Waals surface area contributed by atoms with E-state index in [9.17, 15) is 4.79 Å². The van der Waals surface area contributed by atoms with Gasteiger partial charge < -0.3 is 9.30 Å². The lowest BCUT2D eigenvalue weighted by molar-refractivity contribution is -0.118. The van der Waals surface area contributed by atoms with Gasteiger partial charge in [0.05, 0.1) is 12.1 Å². The molecule has 0 fully saturated rings. The van der Waals surface area contributed by atoms with E-state index in [0.717, 1.165) is 22.3 Å². The maximum Gasteiger partial charge on any atom is 0.264 e. The Labute approximate surface area is 170 Å². The summed E-state index contributed by atoms with van der Waals surface area (Å²) in [6.07, 6.45) is 0.531. The fourth-order valence-electron chi connectivity index (χ4n) is 2.71. The number of carbonyl (C=O) groups is 1. The quantitative estimate of drug-likeness (QED) is 0.473. The normalized spacial score (nSPS) is 10.9. The Bertz CT molecular complexity index is 1190. The number of benzene rings is 2. The maximum atomic E-state index is 12.2. The molecule has 2 aromatic carbocycles. The van der Waals surface area contributed by atoms with Crippen LogP contribution in [0, 0.1) is 4.77 Å². The van der Waals surface area contributed by atoms with E-state index >= 15 is 0 Å². The van der Waals surface area contributed by atoms with Gasteiger partial charge in [0.1, 0.15) is 11.6 Å². The third kappa shape index (κ3) is 4.10. The molecule has 2 heterocycles. The lowest BCUT2D eigenvalue weighted by Gasteiger charge is -2.07. The maximum absolute atomic E-state index is 12.2. The highest BCUT2D eigenvalue weighted by molar-refractivity contribution is 7.71. The number of nitrogens with zero attached hydrogens (tertiary/aromatic N) is 3. The summed E-state index contributed by atoms with van der Waals surface area (Å²) in [7, 11) is 1.85. The van der Waals surface area contributed by atoms with Crippen molar-refractivity contribution in [3.8, 4) is 5.75 Å². The van der Waals surface area contributed by atoms with Gasteiger partial charge in [0.2, 0.25) is 0 Å². The monoisotopic (exact) mass is 411 g/mol. The lowest BCUT2D eigenvalue weighted by atomic mass is 10.1. The highest BCUT2D eigenvalue weighted by Crippen LogP contribution is 2.21. The molecule has 1 amide bonds. The van der Waals surface area contributed by atoms with Gasteiger partial charge in [0.25, 0.3) is 5.91 Å². The Morgan fingerprint density at radius 3 is 2.89 bits per heavy atom. The van der Waals surface area contributed by atoms with Crippen molar-refractivity contribution in [2.75, 3.05) is 11.9 Å². The minimum Gasteiger partial charge on any atom is -0.484 e. The Kier molecular flexibility index (Phi) is 5.18. The molecule has 9 heteroatoms. The average molecular weight is 412 g/mol. The van der Waals surface area contributed by atoms with Gasteiger partial charge in [-0.3, -0.25) is 15.2 Å². The average Bonchev–Trinajstić information content (AvgIpc) is 3.27. The van der Waals surface area contributed by atoms with E-state index in [1.54, 1.807) is 4.57 Å². The van der Waals surface area contributed by atoms with Crippen molar-refractivity contribution in [2.24, 2.45) is 7.05 Å². The molecule has 0 atom stereocenters. The zero-order valence-electron chi connectivity index (χ0n) is 15.0. The Morgan fingerprint density at radius 2 is 2.11 bits per heavy atom. The van der Waals surface area contributed by atoms with Crippen LogP contribution < -0.4 is 10.1 Å². The van der Waals surface area contributed by atoms with Crippen LogP contribution in [0.5, 0.6) is 5.75 Å². The van der Waals surface area contributed by atoms with E-state index < -0.39 is 0 Å². The molecule has 2 aromatic heterocycles. The Hall–Kier alpha value is -3.04. The molecule has 28 heavy (non-hydrogen) atoms. The molecule has 0 aliphatic heterocycles. The van der Waals surface area contributed by atoms with E-state index in [2.05, 4.69) is 20.5 Å². The summed E-state index contributed by atoms with van der Waals surface area (Å²) in [6.45, 7) is -0.0825. The smallest absolute Gasteiger partial charge is 0.264 e. The summed E-state index contributed by atoms with van der Waals surface area (Å²) in [5, 5.41) is 14.3. The van der Waals surface area contributed by atoms with Gasteiger partial charge in [0.15, 0.2) is 16.5 Å². The highest BCUT2D eigenvalue weighted by Gasteiger charge is 2.10. The summed E-state index contributed by atoms with van der Waals surface area (Å²) >= 11 is 6.47. The molecular formula is C19H17N5O2S2. The fraction of sp³-hybridized carbons (Fsp3) is 0.158. The van der Waals surface area contributed by atoms with E-state index in [1.165, 1.54) is 11.3 Å². The Morgan fingerprint density at radius 1 is 1.29 bits per heavy atom. The SMILES string of the molecule is Cn1c(Cc2csc(NC(=O)COc3ccc4ccccc4c3)n2)n[nH]c1=S. The number of aromatic nitrogens is 4. The summed E-state index contributed by atoms with van der Waals surface area (Å²) in [6, 6.07) is 13.7. The summed E-state index contributed by atoms with van der Waals surface area (Å²) < 4.78 is 7.96. The first kappa shape index (κ1) is 18.3. The lowest BCUT2D eigenvalue weighted by Crippen LogP contribution is -2.20. The molecule has 0 unspecified atom stereocenters. The molecule has 7 nitrogen and oxygen atoms in total. The number of nitrogens with one attached hydrogen (secondary N) is 2. The zero-order valence-corrected chi connectivity index (χ0v) is 16.6. The number of H-pyrrole nitrogens is 1. The first-order valence-corrected chi connectivity index (χ1v) is 9.83. The number of thiazole rings is 1. The van der Waals surface area contributed by atoms with Crippen molar-refractivity contribution in [3.05, 3.63) is 64.1 Å². The van der Waals surface area contributed by atoms with Gasteiger partial charge in [-0.25, -0.2) is 4.98 Å². The predicted octanol–water partition coefficient (Wildman–Crippen LogP) is 3.70. The van der Waals surface area contributed by atoms with Crippen molar-refractivity contribution in [1.82, 2.24) is 19.7 Å². The number of anilines is 1. The van der Waals surface area contributed by atoms with Crippen molar-refractivity contribution < 1.29 is 9.53 Å². The third-order valence-corrected chi connectivity index (χ3v) is 5.37. The van der Waals surface area contributed by atoms with E-state index in [4.69, 9.17) is 17.0 Å². The van der Waals surface area contributed by atoms with E-state index in [0.29, 0.717) is 22.1 Å². The van der Waals surface area contributed by atoms with Crippen molar-refractivity contribution >= 4 is 45.4 Å². The molecule has 0 radical (unpaired) electrons. The molecule has 4 rings (SSSR count). The number of amides is 1. The molecule has 0 bridgehead atoms. The van der Waals surface area contributed by atoms with Crippen molar-refractivity contribution in [1.29, 1.82) is 0 Å². The number of fused-ring (bicyclic) bond motifs is 1. The second kappa shape index (κ2) is 7.91. The number of rotatable bonds is 6. The van der Waals surface area contributed by atoms with Crippen LogP contribution >= 0.6 is 23.6 Å². The van der Waals surface area contributed by atoms with Gasteiger partial charge in [-0.15, -0.1) is 11.3 Å². The van der Waals surface area contributed by atoms with Crippen LogP contribution in [0.1, 0.15) is 11.5 Å². The van der Waals surface area contributed by atoms with Crippen LogP contribution in [0.2, 0.25) is 0 Å². The number of hydrogen-bond donors (Lipinski definition) is 2. The molecule has 0 aliphatic rings. The number of carbonyl (C=O) groups excluding carboxylic acids is 1. The minimum absolute atomic E-state index is 0.0825. The van der Waals surface area contributed by atoms with Crippen LogP contribution in [0.4, 0.5) is 5.13 Å². The standard InChI is InChI=1S/C19H17N5O2S2/c1-24-16(22-23-19(24)27)9-14-11-28-18(20-14)21-17(25)10-26-15-7-6-12-4-2-3-5-13(12)8-15/h2-8,11H,9-10H2,1H3,(H,23,27)(H,20,21,25). The summed E-state index contributed by atoms with van der Waals surface area (Å²) in [5.74, 6) is 1.18. The molecule has 0 aliphatic carbocycles. The Balaban J connectivity index is 1.34. The molecule has 0 saturated carbocycles. The van der Waals surface area contributed by atoms with E-state index in [-0.39, 0.29) is 12.5 Å². The molecular weight excluding hydrogens is 394 g/mol. The van der Waals surface area contributed by atoms with Gasteiger partial charge >= 0.3 is 0 Å². The highest BCUT2D eigenvalue weighted by atomic mass is 32.1. The second-order valence-corrected chi connectivity index (χ2v) is 7.42. The number of aromatic amines is 1. The molecule has 0 spiro atoms. The van der Waals surface area contributed by atoms with Crippen LogP contribution in [-0.4, -0.2) is 32.3 Å². The van der Waals surface area contributed by atoms with Gasteiger partial charge in [-0.1, -0.05) is 30.3 Å². The van der Waals surface area contributed by atoms with Crippen LogP contribution in [0.25, 0.3) is 10.8 Å². The number of hydrogen-bond acceptors (Lipinski definition) is 6. The summed E-state index contributed by atoms with van der Waals surface area (Å²) in [4.78, 5) is 16.6. The van der Waals surface area contributed by atoms with Crippen molar-refractivity contribution in [3.63, 3.8) is 0 Å². The minimum atomic E-state index is -0.257. The van der Waals surface area contributed by atoms with Gasteiger partial charge in [-0.05, 0) is 35.1 Å². The first-order valence-electron chi connectivity index (χ1n) is 8.54. The molecule has 142 valence electrons. The number of ether oxygens (including phenoxy) is 1. The van der Waals surface area contributed by atoms with Gasteiger partial charge in [-0.2, -0.15) is 5.10 Å². The topological polar surface area (TPSA) is 84.8 Å². The van der Waals surface area contributed by atoms with Crippen molar-refractivity contribution in [2.45, 2.75) is 6.42 Å². The first-order chi connectivity index (χ1) is 13.6. The summed E-state index contributed by atoms with van der Waals surface area (Å²) in [5.41, 5.74) is 0.813. The third-order valence-electron chi connectivity index (χ3n) is 4.20. The second-order valence-electron chi connectivity index (χ2n) is 6.17. The van der Waals surface area contributed by atoms with Gasteiger partial charge in [0, 0.05) is 12.4 Å².